The maximum absolute atomic E-state index is 8.32. The Morgan fingerprint density at radius 1 is 1.56 bits per heavy atom. The largest absolute Gasteiger partial charge is 0.394 e. The van der Waals surface area contributed by atoms with E-state index >= 15 is 0 Å². The normalized spacial score (nSPS) is 13.7. The Hall–Kier alpha value is -0.120. The van der Waals surface area contributed by atoms with Crippen LogP contribution in [0, 0.1) is 0 Å². The zero-order valence-corrected chi connectivity index (χ0v) is 5.96. The summed E-state index contributed by atoms with van der Waals surface area (Å²) in [5.74, 6) is 0. The van der Waals surface area contributed by atoms with Crippen molar-refractivity contribution in [2.24, 2.45) is 0 Å². The average molecular weight is 134 g/mol. The van der Waals surface area contributed by atoms with Gasteiger partial charge in [0.1, 0.15) is 0 Å². The van der Waals surface area contributed by atoms with E-state index in [1.54, 1.807) is 7.11 Å². The fourth-order valence-corrected chi connectivity index (χ4v) is 0.537. The lowest BCUT2D eigenvalue weighted by molar-refractivity contribution is -0.00529. The molecule has 0 rings (SSSR count). The molecule has 1 N–H and O–H groups in total. The summed E-state index contributed by atoms with van der Waals surface area (Å²) in [6.45, 7) is 2.96. The van der Waals surface area contributed by atoms with E-state index in [4.69, 9.17) is 14.6 Å². The molecule has 3 heteroatoms. The molecule has 0 aromatic carbocycles. The minimum absolute atomic E-state index is 0.0774. The number of rotatable bonds is 5. The third kappa shape index (κ3) is 5.76. The minimum atomic E-state index is 0.0774. The molecule has 0 spiro atoms. The molecule has 0 aliphatic carbocycles. The summed E-state index contributed by atoms with van der Waals surface area (Å²) in [5, 5.41) is 8.32. The first-order chi connectivity index (χ1) is 4.31. The minimum Gasteiger partial charge on any atom is -0.394 e. The van der Waals surface area contributed by atoms with Gasteiger partial charge in [-0.15, -0.1) is 0 Å². The van der Waals surface area contributed by atoms with Gasteiger partial charge in [0.15, 0.2) is 0 Å². The first-order valence-electron chi connectivity index (χ1n) is 3.02. The molecule has 1 unspecified atom stereocenters. The molecule has 0 bridgehead atoms. The number of aliphatic hydroxyl groups is 1. The van der Waals surface area contributed by atoms with E-state index in [1.165, 1.54) is 0 Å². The van der Waals surface area contributed by atoms with Gasteiger partial charge in [0.25, 0.3) is 0 Å². The lowest BCUT2D eigenvalue weighted by Crippen LogP contribution is -2.16. The molecule has 0 radical (unpaired) electrons. The second-order valence-electron chi connectivity index (χ2n) is 1.86. The number of aliphatic hydroxyl groups excluding tert-OH is 1. The van der Waals surface area contributed by atoms with Crippen LogP contribution < -0.4 is 0 Å². The van der Waals surface area contributed by atoms with Gasteiger partial charge in [-0.3, -0.25) is 0 Å². The summed E-state index contributed by atoms with van der Waals surface area (Å²) in [4.78, 5) is 0. The smallest absolute Gasteiger partial charge is 0.0781 e. The Morgan fingerprint density at radius 3 is 2.67 bits per heavy atom. The second-order valence-corrected chi connectivity index (χ2v) is 1.86. The van der Waals surface area contributed by atoms with E-state index in [1.807, 2.05) is 6.92 Å². The van der Waals surface area contributed by atoms with Crippen molar-refractivity contribution < 1.29 is 14.6 Å². The molecular formula is C6H14O3. The van der Waals surface area contributed by atoms with Crippen molar-refractivity contribution >= 4 is 0 Å². The van der Waals surface area contributed by atoms with Crippen LogP contribution in [0.3, 0.4) is 0 Å². The summed E-state index contributed by atoms with van der Waals surface area (Å²) in [6, 6.07) is 0. The van der Waals surface area contributed by atoms with Crippen LogP contribution in [-0.2, 0) is 9.47 Å². The van der Waals surface area contributed by atoms with Crippen LogP contribution in [0.2, 0.25) is 0 Å². The molecule has 56 valence electrons. The topological polar surface area (TPSA) is 38.7 Å². The lowest BCUT2D eigenvalue weighted by atomic mass is 10.4. The molecule has 3 nitrogen and oxygen atoms in total. The monoisotopic (exact) mass is 134 g/mol. The van der Waals surface area contributed by atoms with Gasteiger partial charge in [0, 0.05) is 7.11 Å². The van der Waals surface area contributed by atoms with Crippen molar-refractivity contribution in [3.63, 3.8) is 0 Å². The summed E-state index contributed by atoms with van der Waals surface area (Å²) in [6.07, 6.45) is 0.0853. The molecule has 0 aromatic heterocycles. The second kappa shape index (κ2) is 6.01. The van der Waals surface area contributed by atoms with Crippen LogP contribution >= 0.6 is 0 Å². The fourth-order valence-electron chi connectivity index (χ4n) is 0.537. The quantitative estimate of drug-likeness (QED) is 0.576. The van der Waals surface area contributed by atoms with E-state index in [2.05, 4.69) is 0 Å². The van der Waals surface area contributed by atoms with E-state index in [-0.39, 0.29) is 12.7 Å². The molecule has 0 aliphatic heterocycles. The van der Waals surface area contributed by atoms with Crippen LogP contribution in [0.5, 0.6) is 0 Å². The SMILES string of the molecule is COCC(C)OCCO. The predicted molar refractivity (Wildman–Crippen MR) is 34.4 cm³/mol. The highest BCUT2D eigenvalue weighted by Gasteiger charge is 1.97. The van der Waals surface area contributed by atoms with Crippen LogP contribution in [0.4, 0.5) is 0 Å². The van der Waals surface area contributed by atoms with Gasteiger partial charge in [0.05, 0.1) is 25.9 Å². The highest BCUT2D eigenvalue weighted by atomic mass is 16.5. The standard InChI is InChI=1S/C6H14O3/c1-6(5-8-2)9-4-3-7/h6-7H,3-5H2,1-2H3. The van der Waals surface area contributed by atoms with E-state index < -0.39 is 0 Å². The van der Waals surface area contributed by atoms with Gasteiger partial charge in [-0.05, 0) is 6.92 Å². The Kier molecular flexibility index (Phi) is 5.93. The molecule has 0 aromatic rings. The Morgan fingerprint density at radius 2 is 2.22 bits per heavy atom. The third-order valence-corrected chi connectivity index (χ3v) is 0.895. The highest BCUT2D eigenvalue weighted by Crippen LogP contribution is 1.88. The summed E-state index contributed by atoms with van der Waals surface area (Å²) < 4.78 is 9.85. The van der Waals surface area contributed by atoms with Gasteiger partial charge in [0.2, 0.25) is 0 Å². The predicted octanol–water partition coefficient (Wildman–Crippen LogP) is 0.0302. The van der Waals surface area contributed by atoms with Crippen molar-refractivity contribution in [3.8, 4) is 0 Å². The van der Waals surface area contributed by atoms with E-state index in [0.29, 0.717) is 13.2 Å². The van der Waals surface area contributed by atoms with E-state index in [0.717, 1.165) is 0 Å². The lowest BCUT2D eigenvalue weighted by Gasteiger charge is -2.09. The maximum Gasteiger partial charge on any atom is 0.0781 e. The molecule has 0 amide bonds. The van der Waals surface area contributed by atoms with Gasteiger partial charge >= 0.3 is 0 Å². The van der Waals surface area contributed by atoms with E-state index in [9.17, 15) is 0 Å². The number of hydrogen-bond acceptors (Lipinski definition) is 3. The van der Waals surface area contributed by atoms with Crippen LogP contribution in [0.15, 0.2) is 0 Å². The number of methoxy groups -OCH3 is 1. The summed E-state index contributed by atoms with van der Waals surface area (Å²) >= 11 is 0. The van der Waals surface area contributed by atoms with Gasteiger partial charge in [-0.25, -0.2) is 0 Å². The molecular weight excluding hydrogens is 120 g/mol. The molecule has 0 fully saturated rings. The van der Waals surface area contributed by atoms with Gasteiger partial charge < -0.3 is 14.6 Å². The fraction of sp³-hybridized carbons (Fsp3) is 1.00. The molecule has 9 heavy (non-hydrogen) atoms. The average Bonchev–Trinajstić information content (AvgIpc) is 1.85. The highest BCUT2D eigenvalue weighted by molar-refractivity contribution is 4.44. The first-order valence-corrected chi connectivity index (χ1v) is 3.02. The Bertz CT molecular complexity index is 56.3. The van der Waals surface area contributed by atoms with Crippen molar-refractivity contribution in [1.82, 2.24) is 0 Å². The Labute approximate surface area is 55.6 Å². The number of hydrogen-bond donors (Lipinski definition) is 1. The van der Waals surface area contributed by atoms with Crippen molar-refractivity contribution in [1.29, 1.82) is 0 Å². The van der Waals surface area contributed by atoms with Crippen molar-refractivity contribution in [3.05, 3.63) is 0 Å². The molecule has 0 aliphatic rings. The van der Waals surface area contributed by atoms with Crippen LogP contribution in [0.25, 0.3) is 0 Å². The van der Waals surface area contributed by atoms with Crippen LogP contribution in [0.1, 0.15) is 6.92 Å². The van der Waals surface area contributed by atoms with Crippen LogP contribution in [-0.4, -0.2) is 38.1 Å². The zero-order valence-electron chi connectivity index (χ0n) is 5.96. The van der Waals surface area contributed by atoms with Gasteiger partial charge in [-0.2, -0.15) is 0 Å². The first kappa shape index (κ1) is 8.88. The molecule has 0 heterocycles. The zero-order chi connectivity index (χ0) is 7.11. The molecule has 1 atom stereocenters. The van der Waals surface area contributed by atoms with Crippen molar-refractivity contribution in [2.45, 2.75) is 13.0 Å². The maximum atomic E-state index is 8.32. The van der Waals surface area contributed by atoms with Crippen molar-refractivity contribution in [2.75, 3.05) is 26.9 Å². The summed E-state index contributed by atoms with van der Waals surface area (Å²) in [5.41, 5.74) is 0. The summed E-state index contributed by atoms with van der Waals surface area (Å²) in [7, 11) is 1.62. The molecule has 0 saturated carbocycles. The number of ether oxygens (including phenoxy) is 2. The molecule has 0 saturated heterocycles. The van der Waals surface area contributed by atoms with Gasteiger partial charge in [-0.1, -0.05) is 0 Å². The third-order valence-electron chi connectivity index (χ3n) is 0.895. The Balaban J connectivity index is 2.95.